The molecule has 0 aliphatic carbocycles. The summed E-state index contributed by atoms with van der Waals surface area (Å²) >= 11 is 1.34. The highest BCUT2D eigenvalue weighted by Crippen LogP contribution is 2.47. The summed E-state index contributed by atoms with van der Waals surface area (Å²) in [5.74, 6) is 0.854. The second-order valence-corrected chi connectivity index (χ2v) is 13.6. The van der Waals surface area contributed by atoms with E-state index in [2.05, 4.69) is 14.7 Å². The minimum absolute atomic E-state index is 0.0529. The van der Waals surface area contributed by atoms with E-state index in [0.717, 1.165) is 5.56 Å². The molecule has 1 saturated heterocycles. The molecule has 1 N–H and O–H groups in total. The number of amides is 2. The molecule has 0 bridgehead atoms. The number of nitrogens with zero attached hydrogens (tertiary/aromatic N) is 4. The first-order valence-corrected chi connectivity index (χ1v) is 16.0. The number of pyridine rings is 1. The molecule has 11 nitrogen and oxygen atoms in total. The van der Waals surface area contributed by atoms with Crippen LogP contribution in [0.2, 0.25) is 0 Å². The van der Waals surface area contributed by atoms with Gasteiger partial charge in [0.2, 0.25) is 27.7 Å². The zero-order chi connectivity index (χ0) is 30.4. The lowest BCUT2D eigenvalue weighted by Gasteiger charge is -2.25. The van der Waals surface area contributed by atoms with Crippen LogP contribution in [0.4, 0.5) is 5.69 Å². The predicted octanol–water partition coefficient (Wildman–Crippen LogP) is 3.27. The van der Waals surface area contributed by atoms with Gasteiger partial charge in [-0.1, -0.05) is 29.5 Å². The first-order chi connectivity index (χ1) is 20.6. The third-order valence-corrected chi connectivity index (χ3v) is 10.5. The quantitative estimate of drug-likeness (QED) is 0.317. The number of aromatic nitrogens is 2. The van der Waals surface area contributed by atoms with Gasteiger partial charge in [-0.15, -0.1) is 0 Å². The van der Waals surface area contributed by atoms with E-state index in [1.807, 2.05) is 18.2 Å². The van der Waals surface area contributed by atoms with E-state index in [4.69, 9.17) is 9.47 Å². The molecular formula is C30H31N5O6S2. The molecule has 1 unspecified atom stereocenters. The minimum atomic E-state index is -3.90. The summed E-state index contributed by atoms with van der Waals surface area (Å²) in [7, 11) is -0.819. The highest BCUT2D eigenvalue weighted by Gasteiger charge is 2.49. The van der Waals surface area contributed by atoms with Gasteiger partial charge in [-0.2, -0.15) is 0 Å². The Kier molecular flexibility index (Phi) is 7.57. The molecule has 43 heavy (non-hydrogen) atoms. The first kappa shape index (κ1) is 29.0. The van der Waals surface area contributed by atoms with Gasteiger partial charge < -0.3 is 19.3 Å². The molecule has 0 radical (unpaired) electrons. The van der Waals surface area contributed by atoms with Crippen LogP contribution in [0.1, 0.15) is 29.5 Å². The van der Waals surface area contributed by atoms with Crippen LogP contribution in [0.15, 0.2) is 59.5 Å². The molecule has 2 aliphatic heterocycles. The summed E-state index contributed by atoms with van der Waals surface area (Å²) in [5, 5.41) is 0.625. The summed E-state index contributed by atoms with van der Waals surface area (Å²) in [4.78, 5) is 39.3. The first-order valence-electron chi connectivity index (χ1n) is 13.7. The van der Waals surface area contributed by atoms with Crippen molar-refractivity contribution in [3.63, 3.8) is 0 Å². The molecule has 2 aromatic carbocycles. The van der Waals surface area contributed by atoms with Crippen molar-refractivity contribution in [2.24, 2.45) is 0 Å². The monoisotopic (exact) mass is 621 g/mol. The number of anilines is 1. The van der Waals surface area contributed by atoms with Crippen LogP contribution in [0.5, 0.6) is 11.6 Å². The molecule has 4 heterocycles. The molecule has 2 aromatic heterocycles. The fourth-order valence-corrected chi connectivity index (χ4v) is 7.84. The van der Waals surface area contributed by atoms with Crippen LogP contribution in [0, 0.1) is 0 Å². The van der Waals surface area contributed by atoms with Crippen molar-refractivity contribution >= 4 is 49.2 Å². The Labute approximate surface area is 253 Å². The fraction of sp³-hybridized carbons (Fsp3) is 0.333. The van der Waals surface area contributed by atoms with Crippen LogP contribution >= 0.6 is 11.3 Å². The molecule has 2 amide bonds. The van der Waals surface area contributed by atoms with Crippen molar-refractivity contribution in [1.82, 2.24) is 19.6 Å². The SMILES string of the molecule is COc1ccc2nc(CC(=O)N3CC4(CCN(C(C)=O)C4)c4cc(S(=O)(=O)NCc5ccccc5OC)ccc43)sc2n1. The second-order valence-electron chi connectivity index (χ2n) is 10.7. The maximum atomic E-state index is 13.8. The number of rotatable bonds is 8. The van der Waals surface area contributed by atoms with E-state index in [1.54, 1.807) is 47.2 Å². The average molecular weight is 622 g/mol. The number of nitrogens with one attached hydrogen (secondary N) is 1. The molecule has 2 aliphatic rings. The van der Waals surface area contributed by atoms with Crippen LogP contribution in [-0.2, 0) is 38.0 Å². The van der Waals surface area contributed by atoms with Crippen molar-refractivity contribution in [3.8, 4) is 11.6 Å². The van der Waals surface area contributed by atoms with Crippen LogP contribution in [0.3, 0.4) is 0 Å². The Hall–Kier alpha value is -4.07. The number of para-hydroxylation sites is 1. The Balaban J connectivity index is 1.30. The molecule has 224 valence electrons. The maximum Gasteiger partial charge on any atom is 0.240 e. The van der Waals surface area contributed by atoms with Gasteiger partial charge in [0.1, 0.15) is 21.1 Å². The summed E-state index contributed by atoms with van der Waals surface area (Å²) in [5.41, 5.74) is 2.22. The summed E-state index contributed by atoms with van der Waals surface area (Å²) < 4.78 is 40.1. The molecule has 1 spiro atoms. The number of thiazole rings is 1. The molecule has 6 rings (SSSR count). The van der Waals surface area contributed by atoms with Gasteiger partial charge >= 0.3 is 0 Å². The van der Waals surface area contributed by atoms with Gasteiger partial charge in [0, 0.05) is 55.8 Å². The van der Waals surface area contributed by atoms with Gasteiger partial charge in [-0.05, 0) is 42.3 Å². The number of hydrogen-bond donors (Lipinski definition) is 1. The van der Waals surface area contributed by atoms with Gasteiger partial charge in [0.15, 0.2) is 0 Å². The highest BCUT2D eigenvalue weighted by atomic mass is 32.2. The molecule has 4 aromatic rings. The van der Waals surface area contributed by atoms with Gasteiger partial charge in [0.25, 0.3) is 0 Å². The van der Waals surface area contributed by atoms with E-state index >= 15 is 0 Å². The number of fused-ring (bicyclic) bond motifs is 3. The summed E-state index contributed by atoms with van der Waals surface area (Å²) in [6.07, 6.45) is 0.683. The minimum Gasteiger partial charge on any atom is -0.496 e. The van der Waals surface area contributed by atoms with E-state index < -0.39 is 15.4 Å². The third kappa shape index (κ3) is 5.43. The predicted molar refractivity (Wildman–Crippen MR) is 162 cm³/mol. The maximum absolute atomic E-state index is 13.8. The van der Waals surface area contributed by atoms with E-state index in [-0.39, 0.29) is 29.7 Å². The summed E-state index contributed by atoms with van der Waals surface area (Å²) in [6.45, 7) is 2.87. The van der Waals surface area contributed by atoms with Crippen molar-refractivity contribution in [2.75, 3.05) is 38.8 Å². The number of methoxy groups -OCH3 is 2. The Morgan fingerprint density at radius 2 is 1.86 bits per heavy atom. The van der Waals surface area contributed by atoms with Gasteiger partial charge in [-0.25, -0.2) is 23.1 Å². The molecule has 1 fully saturated rings. The molecule has 13 heteroatoms. The number of ether oxygens (including phenoxy) is 2. The topological polar surface area (TPSA) is 131 Å². The Morgan fingerprint density at radius 1 is 1.05 bits per heavy atom. The van der Waals surface area contributed by atoms with Crippen molar-refractivity contribution in [1.29, 1.82) is 0 Å². The zero-order valence-electron chi connectivity index (χ0n) is 24.0. The van der Waals surface area contributed by atoms with E-state index in [9.17, 15) is 18.0 Å². The zero-order valence-corrected chi connectivity index (χ0v) is 25.6. The normalized spacial score (nSPS) is 17.9. The van der Waals surface area contributed by atoms with Crippen molar-refractivity contribution in [2.45, 2.75) is 36.6 Å². The lowest BCUT2D eigenvalue weighted by Crippen LogP contribution is -2.40. The van der Waals surface area contributed by atoms with Gasteiger partial charge in [0.05, 0.1) is 25.5 Å². The highest BCUT2D eigenvalue weighted by molar-refractivity contribution is 7.89. The Morgan fingerprint density at radius 3 is 2.60 bits per heavy atom. The molecule has 0 saturated carbocycles. The Bertz CT molecular complexity index is 1840. The average Bonchev–Trinajstić information content (AvgIpc) is 3.71. The number of benzene rings is 2. The van der Waals surface area contributed by atoms with Crippen molar-refractivity contribution in [3.05, 3.63) is 70.7 Å². The number of carbonyl (C=O) groups excluding carboxylic acids is 2. The smallest absolute Gasteiger partial charge is 0.240 e. The molecular weight excluding hydrogens is 590 g/mol. The van der Waals surface area contributed by atoms with Gasteiger partial charge in [-0.3, -0.25) is 9.59 Å². The largest absolute Gasteiger partial charge is 0.496 e. The van der Waals surface area contributed by atoms with Crippen LogP contribution in [0.25, 0.3) is 10.3 Å². The van der Waals surface area contributed by atoms with E-state index in [1.165, 1.54) is 31.4 Å². The van der Waals surface area contributed by atoms with E-state index in [0.29, 0.717) is 64.3 Å². The number of carbonyl (C=O) groups is 2. The lowest BCUT2D eigenvalue weighted by molar-refractivity contribution is -0.127. The second kappa shape index (κ2) is 11.2. The lowest BCUT2D eigenvalue weighted by atomic mass is 9.81. The number of likely N-dealkylation sites (tertiary alicyclic amines) is 1. The summed E-state index contributed by atoms with van der Waals surface area (Å²) in [6, 6.07) is 15.6. The standard InChI is InChI=1S/C30H31N5O6S2/c1-19(36)34-13-12-30(17-34)18-35(28(37)15-27-32-23-9-11-26(41-3)33-29(23)42-27)24-10-8-21(14-22(24)30)43(38,39)31-16-20-6-4-5-7-25(20)40-2/h4-11,14,31H,12-13,15-18H2,1-3H3. The van der Waals surface area contributed by atoms with Crippen LogP contribution < -0.4 is 19.1 Å². The van der Waals surface area contributed by atoms with Crippen molar-refractivity contribution < 1.29 is 27.5 Å². The number of sulfonamides is 1. The fourth-order valence-electron chi connectivity index (χ4n) is 5.89. The molecule has 1 atom stereocenters. The van der Waals surface area contributed by atoms with Crippen LogP contribution in [-0.4, -0.2) is 69.0 Å². The number of hydrogen-bond acceptors (Lipinski definition) is 9. The third-order valence-electron chi connectivity index (χ3n) is 8.13.